The number of nitrogens with two attached hydrogens (primary N) is 1. The zero-order valence-corrected chi connectivity index (χ0v) is 10.3. The minimum absolute atomic E-state index is 0.127. The molecule has 7 heteroatoms. The molecule has 0 atom stereocenters. The second-order valence-corrected chi connectivity index (χ2v) is 4.27. The Labute approximate surface area is 105 Å². The molecule has 4 nitrogen and oxygen atoms in total. The fourth-order valence-electron chi connectivity index (χ4n) is 1.42. The zero-order valence-electron chi connectivity index (χ0n) is 8.70. The molecule has 1 heterocycles. The van der Waals surface area contributed by atoms with Crippen LogP contribution in [0.5, 0.6) is 0 Å². The topological polar surface area (TPSA) is 56.7 Å². The van der Waals surface area contributed by atoms with Crippen LogP contribution in [0.2, 0.25) is 0 Å². The molecule has 90 valence electrons. The van der Waals surface area contributed by atoms with Crippen LogP contribution in [-0.4, -0.2) is 21.5 Å². The van der Waals surface area contributed by atoms with E-state index in [1.54, 1.807) is 6.20 Å². The van der Waals surface area contributed by atoms with Crippen LogP contribution in [0.25, 0.3) is 5.69 Å². The number of halogens is 3. The van der Waals surface area contributed by atoms with Gasteiger partial charge >= 0.3 is 0 Å². The lowest BCUT2D eigenvalue weighted by Gasteiger charge is -2.04. The van der Waals surface area contributed by atoms with Crippen LogP contribution >= 0.6 is 15.9 Å². The molecule has 0 bridgehead atoms. The predicted molar refractivity (Wildman–Crippen MR) is 61.7 cm³/mol. The SMILES string of the molecule is NCCc1cn(-c2c(F)cc(F)cc2Br)nn1. The van der Waals surface area contributed by atoms with Crippen LogP contribution in [0, 0.1) is 11.6 Å². The highest BCUT2D eigenvalue weighted by Gasteiger charge is 2.13. The Morgan fingerprint density at radius 1 is 1.35 bits per heavy atom. The Bertz CT molecular complexity index is 518. The molecule has 1 aromatic carbocycles. The summed E-state index contributed by atoms with van der Waals surface area (Å²) in [7, 11) is 0. The molecule has 17 heavy (non-hydrogen) atoms. The van der Waals surface area contributed by atoms with Gasteiger partial charge in [-0.1, -0.05) is 5.21 Å². The van der Waals surface area contributed by atoms with E-state index >= 15 is 0 Å². The van der Waals surface area contributed by atoms with Gasteiger partial charge in [0.25, 0.3) is 0 Å². The molecule has 0 spiro atoms. The van der Waals surface area contributed by atoms with Crippen LogP contribution in [0.15, 0.2) is 22.8 Å². The molecular formula is C10H9BrF2N4. The second-order valence-electron chi connectivity index (χ2n) is 3.41. The summed E-state index contributed by atoms with van der Waals surface area (Å²) in [4.78, 5) is 0. The van der Waals surface area contributed by atoms with Crippen LogP contribution in [0.1, 0.15) is 5.69 Å². The highest BCUT2D eigenvalue weighted by Crippen LogP contribution is 2.24. The molecular weight excluding hydrogens is 294 g/mol. The molecule has 0 amide bonds. The van der Waals surface area contributed by atoms with Crippen molar-refractivity contribution in [3.05, 3.63) is 40.1 Å². The summed E-state index contributed by atoms with van der Waals surface area (Å²) >= 11 is 3.09. The van der Waals surface area contributed by atoms with Crippen molar-refractivity contribution < 1.29 is 8.78 Å². The first-order chi connectivity index (χ1) is 8.11. The largest absolute Gasteiger partial charge is 0.330 e. The highest BCUT2D eigenvalue weighted by atomic mass is 79.9. The maximum Gasteiger partial charge on any atom is 0.152 e. The molecule has 0 saturated heterocycles. The van der Waals surface area contributed by atoms with E-state index in [1.807, 2.05) is 0 Å². The Kier molecular flexibility index (Phi) is 3.49. The molecule has 1 aromatic heterocycles. The number of aromatic nitrogens is 3. The van der Waals surface area contributed by atoms with E-state index in [0.29, 0.717) is 18.7 Å². The van der Waals surface area contributed by atoms with E-state index in [1.165, 1.54) is 10.7 Å². The van der Waals surface area contributed by atoms with E-state index < -0.39 is 11.6 Å². The lowest BCUT2D eigenvalue weighted by molar-refractivity contribution is 0.570. The van der Waals surface area contributed by atoms with Crippen LogP contribution < -0.4 is 5.73 Å². The van der Waals surface area contributed by atoms with Gasteiger partial charge in [0.05, 0.1) is 11.9 Å². The summed E-state index contributed by atoms with van der Waals surface area (Å²) < 4.78 is 28.1. The summed E-state index contributed by atoms with van der Waals surface area (Å²) in [5, 5.41) is 7.61. The van der Waals surface area contributed by atoms with Gasteiger partial charge in [-0.2, -0.15) is 0 Å². The van der Waals surface area contributed by atoms with E-state index in [-0.39, 0.29) is 10.2 Å². The van der Waals surface area contributed by atoms with Gasteiger partial charge in [-0.3, -0.25) is 0 Å². The Balaban J connectivity index is 2.45. The molecule has 0 aliphatic rings. The lowest BCUT2D eigenvalue weighted by Crippen LogP contribution is -2.03. The minimum Gasteiger partial charge on any atom is -0.330 e. The summed E-state index contributed by atoms with van der Waals surface area (Å²) in [5.74, 6) is -1.36. The van der Waals surface area contributed by atoms with Crippen molar-refractivity contribution in [1.29, 1.82) is 0 Å². The van der Waals surface area contributed by atoms with Gasteiger partial charge in [-0.25, -0.2) is 13.5 Å². The number of nitrogens with zero attached hydrogens (tertiary/aromatic N) is 3. The highest BCUT2D eigenvalue weighted by molar-refractivity contribution is 9.10. The molecule has 0 radical (unpaired) electrons. The Morgan fingerprint density at radius 3 is 2.76 bits per heavy atom. The maximum absolute atomic E-state index is 13.6. The summed E-state index contributed by atoms with van der Waals surface area (Å²) in [6.07, 6.45) is 2.12. The van der Waals surface area contributed by atoms with Gasteiger partial charge in [0.2, 0.25) is 0 Å². The van der Waals surface area contributed by atoms with Gasteiger partial charge in [-0.15, -0.1) is 5.10 Å². The second kappa shape index (κ2) is 4.89. The van der Waals surface area contributed by atoms with Crippen molar-refractivity contribution in [2.24, 2.45) is 5.73 Å². The van der Waals surface area contributed by atoms with Crippen LogP contribution in [0.3, 0.4) is 0 Å². The maximum atomic E-state index is 13.6. The van der Waals surface area contributed by atoms with Crippen molar-refractivity contribution in [2.75, 3.05) is 6.54 Å². The third kappa shape index (κ3) is 2.50. The number of hydrogen-bond donors (Lipinski definition) is 1. The first-order valence-corrected chi connectivity index (χ1v) is 5.67. The smallest absolute Gasteiger partial charge is 0.152 e. The normalized spacial score (nSPS) is 10.8. The average Bonchev–Trinajstić information content (AvgIpc) is 2.65. The van der Waals surface area contributed by atoms with Crippen molar-refractivity contribution >= 4 is 15.9 Å². The van der Waals surface area contributed by atoms with Gasteiger partial charge in [0.1, 0.15) is 11.5 Å². The molecule has 0 aliphatic carbocycles. The molecule has 0 aliphatic heterocycles. The lowest BCUT2D eigenvalue weighted by atomic mass is 10.3. The van der Waals surface area contributed by atoms with Crippen LogP contribution in [0.4, 0.5) is 8.78 Å². The van der Waals surface area contributed by atoms with Gasteiger partial charge in [-0.05, 0) is 28.5 Å². The van der Waals surface area contributed by atoms with E-state index in [9.17, 15) is 8.78 Å². The standard InChI is InChI=1S/C10H9BrF2N4/c11-8-3-6(12)4-9(13)10(8)17-5-7(1-2-14)15-16-17/h3-5H,1-2,14H2. The Hall–Kier alpha value is -1.34. The first kappa shape index (κ1) is 12.1. The van der Waals surface area contributed by atoms with E-state index in [2.05, 4.69) is 26.2 Å². The third-order valence-electron chi connectivity index (χ3n) is 2.15. The summed E-state index contributed by atoms with van der Waals surface area (Å²) in [6.45, 7) is 0.436. The van der Waals surface area contributed by atoms with Gasteiger partial charge < -0.3 is 5.73 Å². The van der Waals surface area contributed by atoms with Crippen molar-refractivity contribution in [1.82, 2.24) is 15.0 Å². The van der Waals surface area contributed by atoms with Crippen LogP contribution in [-0.2, 0) is 6.42 Å². The summed E-state index contributed by atoms with van der Waals surface area (Å²) in [6, 6.07) is 1.97. The first-order valence-electron chi connectivity index (χ1n) is 4.88. The molecule has 0 unspecified atom stereocenters. The number of benzene rings is 1. The van der Waals surface area contributed by atoms with Crippen molar-refractivity contribution in [2.45, 2.75) is 6.42 Å². The predicted octanol–water partition coefficient (Wildman–Crippen LogP) is 1.81. The third-order valence-corrected chi connectivity index (χ3v) is 2.76. The zero-order chi connectivity index (χ0) is 12.4. The fraction of sp³-hybridized carbons (Fsp3) is 0.200. The monoisotopic (exact) mass is 302 g/mol. The molecule has 2 aromatic rings. The van der Waals surface area contributed by atoms with Crippen molar-refractivity contribution in [3.8, 4) is 5.69 Å². The van der Waals surface area contributed by atoms with Gasteiger partial charge in [0, 0.05) is 17.0 Å². The summed E-state index contributed by atoms with van der Waals surface area (Å²) in [5.41, 5.74) is 6.16. The number of rotatable bonds is 3. The molecule has 0 saturated carbocycles. The minimum atomic E-state index is -0.707. The fourth-order valence-corrected chi connectivity index (χ4v) is 2.01. The molecule has 2 N–H and O–H groups in total. The Morgan fingerprint density at radius 2 is 2.12 bits per heavy atom. The molecule has 0 fully saturated rings. The quantitative estimate of drug-likeness (QED) is 0.941. The average molecular weight is 303 g/mol. The van der Waals surface area contributed by atoms with Gasteiger partial charge in [0.15, 0.2) is 5.82 Å². The van der Waals surface area contributed by atoms with E-state index in [4.69, 9.17) is 5.73 Å². The molecule has 2 rings (SSSR count). The van der Waals surface area contributed by atoms with Crippen molar-refractivity contribution in [3.63, 3.8) is 0 Å². The van der Waals surface area contributed by atoms with E-state index in [0.717, 1.165) is 6.07 Å². The number of hydrogen-bond acceptors (Lipinski definition) is 3.